The average Bonchev–Trinajstić information content (AvgIpc) is 2.49. The molecule has 0 unspecified atom stereocenters. The number of esters is 1. The predicted molar refractivity (Wildman–Crippen MR) is 83.8 cm³/mol. The molecule has 2 rings (SSSR count). The zero-order valence-electron chi connectivity index (χ0n) is 11.5. The van der Waals surface area contributed by atoms with Gasteiger partial charge >= 0.3 is 5.97 Å². The molecule has 0 aliphatic heterocycles. The number of rotatable bonds is 5. The lowest BCUT2D eigenvalue weighted by Crippen LogP contribution is -2.05. The van der Waals surface area contributed by atoms with Crippen LogP contribution in [0.5, 0.6) is 0 Å². The number of hydrogen-bond donors (Lipinski definition) is 1. The molecule has 0 aromatic heterocycles. The molecule has 0 saturated carbocycles. The molecular weight excluding hydrogens is 337 g/mol. The largest absolute Gasteiger partial charge is 0.462 e. The summed E-state index contributed by atoms with van der Waals surface area (Å²) in [6.07, 6.45) is 0. The summed E-state index contributed by atoms with van der Waals surface area (Å²) in [6, 6.07) is 11.7. The summed E-state index contributed by atoms with van der Waals surface area (Å²) in [5.41, 5.74) is 1.87. The second-order valence-corrected chi connectivity index (χ2v) is 5.30. The number of benzene rings is 2. The van der Waals surface area contributed by atoms with Crippen molar-refractivity contribution < 1.29 is 13.9 Å². The van der Waals surface area contributed by atoms with E-state index >= 15 is 0 Å². The zero-order chi connectivity index (χ0) is 15.2. The number of anilines is 1. The van der Waals surface area contributed by atoms with Gasteiger partial charge < -0.3 is 10.1 Å². The molecule has 110 valence electrons. The highest BCUT2D eigenvalue weighted by Crippen LogP contribution is 2.17. The number of halogens is 2. The van der Waals surface area contributed by atoms with Gasteiger partial charge in [0.25, 0.3) is 0 Å². The standard InChI is InChI=1S/C16H15BrFNO2/c1-2-21-16(20)11-3-6-14(7-4-11)19-10-12-9-13(17)5-8-15(12)18/h3-9,19H,2,10H2,1H3. The van der Waals surface area contributed by atoms with Crippen LogP contribution in [0.2, 0.25) is 0 Å². The van der Waals surface area contributed by atoms with E-state index in [1.807, 2.05) is 0 Å². The highest BCUT2D eigenvalue weighted by molar-refractivity contribution is 9.10. The maximum absolute atomic E-state index is 13.6. The quantitative estimate of drug-likeness (QED) is 0.812. The Bertz CT molecular complexity index is 629. The minimum absolute atomic E-state index is 0.256. The van der Waals surface area contributed by atoms with E-state index in [9.17, 15) is 9.18 Å². The summed E-state index contributed by atoms with van der Waals surface area (Å²) < 4.78 is 19.3. The molecule has 0 aliphatic rings. The fourth-order valence-corrected chi connectivity index (χ4v) is 2.22. The van der Waals surface area contributed by atoms with E-state index in [0.717, 1.165) is 10.2 Å². The van der Waals surface area contributed by atoms with Crippen LogP contribution < -0.4 is 5.32 Å². The van der Waals surface area contributed by atoms with Gasteiger partial charge in [0.15, 0.2) is 0 Å². The Morgan fingerprint density at radius 1 is 1.24 bits per heavy atom. The minimum atomic E-state index is -0.345. The second kappa shape index (κ2) is 7.22. The Morgan fingerprint density at radius 2 is 1.95 bits per heavy atom. The van der Waals surface area contributed by atoms with Crippen LogP contribution in [0.1, 0.15) is 22.8 Å². The first kappa shape index (κ1) is 15.5. The Labute approximate surface area is 131 Å². The third-order valence-electron chi connectivity index (χ3n) is 2.89. The normalized spacial score (nSPS) is 10.2. The number of nitrogens with one attached hydrogen (secondary N) is 1. The first-order valence-electron chi connectivity index (χ1n) is 6.55. The van der Waals surface area contributed by atoms with Gasteiger partial charge in [0.2, 0.25) is 0 Å². The van der Waals surface area contributed by atoms with Crippen LogP contribution in [-0.2, 0) is 11.3 Å². The van der Waals surface area contributed by atoms with Crippen molar-refractivity contribution >= 4 is 27.6 Å². The van der Waals surface area contributed by atoms with Gasteiger partial charge in [-0.1, -0.05) is 15.9 Å². The van der Waals surface area contributed by atoms with E-state index in [0.29, 0.717) is 24.3 Å². The van der Waals surface area contributed by atoms with Gasteiger partial charge in [-0.15, -0.1) is 0 Å². The van der Waals surface area contributed by atoms with Crippen LogP contribution >= 0.6 is 15.9 Å². The highest BCUT2D eigenvalue weighted by atomic mass is 79.9. The molecule has 0 amide bonds. The van der Waals surface area contributed by atoms with Gasteiger partial charge in [-0.2, -0.15) is 0 Å². The third kappa shape index (κ3) is 4.29. The molecule has 0 atom stereocenters. The van der Waals surface area contributed by atoms with Crippen molar-refractivity contribution in [3.05, 3.63) is 63.9 Å². The van der Waals surface area contributed by atoms with E-state index in [-0.39, 0.29) is 11.8 Å². The zero-order valence-corrected chi connectivity index (χ0v) is 13.1. The Kier molecular flexibility index (Phi) is 5.33. The van der Waals surface area contributed by atoms with Crippen LogP contribution in [0.25, 0.3) is 0 Å². The van der Waals surface area contributed by atoms with Gasteiger partial charge in [-0.05, 0) is 49.4 Å². The molecule has 0 bridgehead atoms. The van der Waals surface area contributed by atoms with Crippen LogP contribution in [0.3, 0.4) is 0 Å². The third-order valence-corrected chi connectivity index (χ3v) is 3.38. The van der Waals surface area contributed by atoms with Crippen LogP contribution in [0, 0.1) is 5.82 Å². The molecule has 5 heteroatoms. The molecule has 0 spiro atoms. The van der Waals surface area contributed by atoms with E-state index in [2.05, 4.69) is 21.2 Å². The lowest BCUT2D eigenvalue weighted by molar-refractivity contribution is 0.0526. The monoisotopic (exact) mass is 351 g/mol. The summed E-state index contributed by atoms with van der Waals surface area (Å²) in [5.74, 6) is -0.601. The average molecular weight is 352 g/mol. The van der Waals surface area contributed by atoms with Crippen molar-refractivity contribution in [3.63, 3.8) is 0 Å². The molecule has 3 nitrogen and oxygen atoms in total. The van der Waals surface area contributed by atoms with Gasteiger partial charge in [-0.25, -0.2) is 9.18 Å². The smallest absolute Gasteiger partial charge is 0.338 e. The molecule has 21 heavy (non-hydrogen) atoms. The first-order valence-corrected chi connectivity index (χ1v) is 7.34. The van der Waals surface area contributed by atoms with Gasteiger partial charge in [0, 0.05) is 22.3 Å². The van der Waals surface area contributed by atoms with Crippen molar-refractivity contribution in [2.75, 3.05) is 11.9 Å². The Balaban J connectivity index is 2.00. The van der Waals surface area contributed by atoms with Crippen molar-refractivity contribution in [2.45, 2.75) is 13.5 Å². The van der Waals surface area contributed by atoms with E-state index < -0.39 is 0 Å². The van der Waals surface area contributed by atoms with Crippen molar-refractivity contribution in [2.24, 2.45) is 0 Å². The van der Waals surface area contributed by atoms with Crippen molar-refractivity contribution in [1.29, 1.82) is 0 Å². The maximum Gasteiger partial charge on any atom is 0.338 e. The summed E-state index contributed by atoms with van der Waals surface area (Å²) in [5, 5.41) is 3.11. The summed E-state index contributed by atoms with van der Waals surface area (Å²) in [7, 11) is 0. The summed E-state index contributed by atoms with van der Waals surface area (Å²) in [6.45, 7) is 2.48. The molecular formula is C16H15BrFNO2. The molecule has 2 aromatic rings. The lowest BCUT2D eigenvalue weighted by Gasteiger charge is -2.09. The SMILES string of the molecule is CCOC(=O)c1ccc(NCc2cc(Br)ccc2F)cc1. The maximum atomic E-state index is 13.6. The van der Waals surface area contributed by atoms with E-state index in [1.165, 1.54) is 6.07 Å². The lowest BCUT2D eigenvalue weighted by atomic mass is 10.2. The van der Waals surface area contributed by atoms with Crippen LogP contribution in [-0.4, -0.2) is 12.6 Å². The fraction of sp³-hybridized carbons (Fsp3) is 0.188. The molecule has 0 saturated heterocycles. The van der Waals surface area contributed by atoms with Crippen LogP contribution in [0.4, 0.5) is 10.1 Å². The first-order chi connectivity index (χ1) is 10.1. The molecule has 0 heterocycles. The topological polar surface area (TPSA) is 38.3 Å². The van der Waals surface area contributed by atoms with E-state index in [1.54, 1.807) is 43.3 Å². The van der Waals surface area contributed by atoms with Crippen LogP contribution in [0.15, 0.2) is 46.9 Å². The van der Waals surface area contributed by atoms with Gasteiger partial charge in [-0.3, -0.25) is 0 Å². The molecule has 0 radical (unpaired) electrons. The summed E-state index contributed by atoms with van der Waals surface area (Å²) >= 11 is 3.32. The second-order valence-electron chi connectivity index (χ2n) is 4.39. The molecule has 0 aliphatic carbocycles. The van der Waals surface area contributed by atoms with E-state index in [4.69, 9.17) is 4.74 Å². The van der Waals surface area contributed by atoms with Crippen molar-refractivity contribution in [3.8, 4) is 0 Å². The Morgan fingerprint density at radius 3 is 2.62 bits per heavy atom. The number of hydrogen-bond acceptors (Lipinski definition) is 3. The predicted octanol–water partition coefficient (Wildman–Crippen LogP) is 4.38. The summed E-state index contributed by atoms with van der Waals surface area (Å²) in [4.78, 5) is 11.5. The van der Waals surface area contributed by atoms with Gasteiger partial charge in [0.05, 0.1) is 12.2 Å². The minimum Gasteiger partial charge on any atom is -0.462 e. The number of carbonyl (C=O) groups is 1. The molecule has 0 fully saturated rings. The molecule has 1 N–H and O–H groups in total. The highest BCUT2D eigenvalue weighted by Gasteiger charge is 2.06. The Hall–Kier alpha value is -1.88. The molecule has 2 aromatic carbocycles. The van der Waals surface area contributed by atoms with Crippen molar-refractivity contribution in [1.82, 2.24) is 0 Å². The van der Waals surface area contributed by atoms with Gasteiger partial charge in [0.1, 0.15) is 5.82 Å². The number of carbonyl (C=O) groups excluding carboxylic acids is 1. The fourth-order valence-electron chi connectivity index (χ4n) is 1.81. The number of ether oxygens (including phenoxy) is 1.